The summed E-state index contributed by atoms with van der Waals surface area (Å²) in [5.41, 5.74) is 3.21. The van der Waals surface area contributed by atoms with Crippen molar-refractivity contribution in [3.8, 4) is 0 Å². The molecular formula is C11H16N4S. The second kappa shape index (κ2) is 4.25. The van der Waals surface area contributed by atoms with Crippen LogP contribution in [0.3, 0.4) is 0 Å². The van der Waals surface area contributed by atoms with Crippen LogP contribution in [0.25, 0.3) is 11.2 Å². The molecule has 1 N–H and O–H groups in total. The molecule has 0 amide bonds. The van der Waals surface area contributed by atoms with Crippen molar-refractivity contribution in [1.82, 2.24) is 19.3 Å². The number of nitrogens with one attached hydrogen (secondary N) is 1. The van der Waals surface area contributed by atoms with Crippen molar-refractivity contribution in [3.05, 3.63) is 23.1 Å². The molecule has 2 aromatic rings. The van der Waals surface area contributed by atoms with Crippen molar-refractivity contribution in [3.63, 3.8) is 0 Å². The molecule has 0 bridgehead atoms. The Morgan fingerprint density at radius 2 is 2.31 bits per heavy atom. The summed E-state index contributed by atoms with van der Waals surface area (Å²) >= 11 is 5.32. The summed E-state index contributed by atoms with van der Waals surface area (Å²) in [6.07, 6.45) is 3.72. The van der Waals surface area contributed by atoms with Crippen LogP contribution in [-0.4, -0.2) is 19.3 Å². The van der Waals surface area contributed by atoms with Gasteiger partial charge in [-0.05, 0) is 25.1 Å². The lowest BCUT2D eigenvalue weighted by atomic mass is 10.3. The van der Waals surface area contributed by atoms with Gasteiger partial charge in [-0.2, -0.15) is 5.10 Å². The molecule has 16 heavy (non-hydrogen) atoms. The number of allylic oxidation sites excluding steroid dienone is 1. The molecule has 0 saturated carbocycles. The largest absolute Gasteiger partial charge is 0.328 e. The van der Waals surface area contributed by atoms with Crippen LogP contribution in [0.5, 0.6) is 0 Å². The number of rotatable bonds is 4. The molecule has 0 saturated heterocycles. The molecule has 86 valence electrons. The van der Waals surface area contributed by atoms with Crippen LogP contribution in [0.1, 0.15) is 19.0 Å². The Kier molecular flexibility index (Phi) is 2.96. The summed E-state index contributed by atoms with van der Waals surface area (Å²) in [6, 6.07) is 0. The summed E-state index contributed by atoms with van der Waals surface area (Å²) in [6.45, 7) is 6.68. The standard InChI is InChI=1S/C11H16N4S/c1-4-6-7-15-10-9(12-11(15)16)8(5-2)13-14(10)3/h4H,1,5-7H2,2-3H3,(H,12,16). The molecule has 2 rings (SSSR count). The number of aryl methyl sites for hydroxylation is 3. The van der Waals surface area contributed by atoms with Gasteiger partial charge in [-0.3, -0.25) is 4.68 Å². The topological polar surface area (TPSA) is 38.5 Å². The smallest absolute Gasteiger partial charge is 0.179 e. The van der Waals surface area contributed by atoms with Crippen LogP contribution in [0, 0.1) is 4.77 Å². The summed E-state index contributed by atoms with van der Waals surface area (Å²) < 4.78 is 4.74. The first-order valence-electron chi connectivity index (χ1n) is 5.44. The number of aromatic amines is 1. The lowest BCUT2D eigenvalue weighted by molar-refractivity contribution is 0.670. The van der Waals surface area contributed by atoms with E-state index in [1.807, 2.05) is 17.8 Å². The molecule has 0 aliphatic heterocycles. The minimum absolute atomic E-state index is 0.763. The van der Waals surface area contributed by atoms with E-state index in [2.05, 4.69) is 28.2 Å². The Hall–Kier alpha value is -1.36. The quantitative estimate of drug-likeness (QED) is 0.654. The van der Waals surface area contributed by atoms with Gasteiger partial charge < -0.3 is 9.55 Å². The molecular weight excluding hydrogens is 220 g/mol. The Labute approximate surface area is 99.6 Å². The fraction of sp³-hybridized carbons (Fsp3) is 0.455. The fourth-order valence-electron chi connectivity index (χ4n) is 1.95. The highest BCUT2D eigenvalue weighted by Gasteiger charge is 2.13. The molecule has 0 aliphatic carbocycles. The van der Waals surface area contributed by atoms with E-state index in [1.165, 1.54) is 0 Å². The van der Waals surface area contributed by atoms with Crippen LogP contribution in [0.15, 0.2) is 12.7 Å². The highest BCUT2D eigenvalue weighted by Crippen LogP contribution is 2.18. The zero-order chi connectivity index (χ0) is 11.7. The Morgan fingerprint density at radius 1 is 1.56 bits per heavy atom. The number of nitrogens with zero attached hydrogens (tertiary/aromatic N) is 3. The Morgan fingerprint density at radius 3 is 2.94 bits per heavy atom. The van der Waals surface area contributed by atoms with Crippen molar-refractivity contribution in [2.45, 2.75) is 26.3 Å². The van der Waals surface area contributed by atoms with Crippen LogP contribution >= 0.6 is 12.2 Å². The molecule has 0 spiro atoms. The summed E-state index contributed by atoms with van der Waals surface area (Å²) in [4.78, 5) is 3.24. The maximum Gasteiger partial charge on any atom is 0.179 e. The minimum Gasteiger partial charge on any atom is -0.328 e. The number of fused-ring (bicyclic) bond motifs is 1. The van der Waals surface area contributed by atoms with Crippen molar-refractivity contribution in [1.29, 1.82) is 0 Å². The van der Waals surface area contributed by atoms with E-state index < -0.39 is 0 Å². The van der Waals surface area contributed by atoms with Gasteiger partial charge in [-0.1, -0.05) is 13.0 Å². The summed E-state index contributed by atoms with van der Waals surface area (Å²) in [5, 5.41) is 4.47. The lowest BCUT2D eigenvalue weighted by Crippen LogP contribution is -2.02. The van der Waals surface area contributed by atoms with Gasteiger partial charge in [0.25, 0.3) is 0 Å². The summed E-state index contributed by atoms with van der Waals surface area (Å²) in [5.74, 6) is 0. The lowest BCUT2D eigenvalue weighted by Gasteiger charge is -2.01. The van der Waals surface area contributed by atoms with Crippen molar-refractivity contribution in [2.75, 3.05) is 0 Å². The van der Waals surface area contributed by atoms with Gasteiger partial charge in [-0.25, -0.2) is 0 Å². The van der Waals surface area contributed by atoms with Crippen LogP contribution in [0.4, 0.5) is 0 Å². The average Bonchev–Trinajstić information content (AvgIpc) is 2.74. The third kappa shape index (κ3) is 1.61. The second-order valence-electron chi connectivity index (χ2n) is 3.78. The number of H-pyrrole nitrogens is 1. The molecule has 0 aromatic carbocycles. The highest BCUT2D eigenvalue weighted by atomic mass is 32.1. The van der Waals surface area contributed by atoms with Gasteiger partial charge in [-0.15, -0.1) is 6.58 Å². The van der Waals surface area contributed by atoms with Crippen molar-refractivity contribution >= 4 is 23.4 Å². The maximum atomic E-state index is 5.32. The maximum absolute atomic E-state index is 5.32. The third-order valence-corrected chi connectivity index (χ3v) is 3.04. The zero-order valence-corrected chi connectivity index (χ0v) is 10.5. The molecule has 0 atom stereocenters. The molecule has 2 heterocycles. The average molecular weight is 236 g/mol. The van der Waals surface area contributed by atoms with Gasteiger partial charge in [0.05, 0.1) is 5.69 Å². The van der Waals surface area contributed by atoms with E-state index >= 15 is 0 Å². The zero-order valence-electron chi connectivity index (χ0n) is 9.66. The first-order chi connectivity index (χ1) is 7.69. The Bertz CT molecular complexity index is 573. The molecule has 0 radical (unpaired) electrons. The normalized spacial score (nSPS) is 11.1. The molecule has 0 fully saturated rings. The van der Waals surface area contributed by atoms with Gasteiger partial charge >= 0.3 is 0 Å². The van der Waals surface area contributed by atoms with Crippen LogP contribution in [-0.2, 0) is 20.0 Å². The van der Waals surface area contributed by atoms with E-state index in [-0.39, 0.29) is 0 Å². The first kappa shape index (κ1) is 11.1. The second-order valence-corrected chi connectivity index (χ2v) is 4.17. The molecule has 5 heteroatoms. The van der Waals surface area contributed by atoms with Crippen molar-refractivity contribution < 1.29 is 0 Å². The predicted molar refractivity (Wildman–Crippen MR) is 68.1 cm³/mol. The van der Waals surface area contributed by atoms with Gasteiger partial charge in [0.15, 0.2) is 10.4 Å². The SMILES string of the molecule is C=CCCn1c(=S)[nH]c2c(CC)nn(C)c21. The van der Waals surface area contributed by atoms with Crippen molar-refractivity contribution in [2.24, 2.45) is 7.05 Å². The van der Waals surface area contributed by atoms with Gasteiger partial charge in [0, 0.05) is 13.6 Å². The highest BCUT2D eigenvalue weighted by molar-refractivity contribution is 7.71. The van der Waals surface area contributed by atoms with E-state index in [0.717, 1.165) is 41.0 Å². The monoisotopic (exact) mass is 236 g/mol. The van der Waals surface area contributed by atoms with Gasteiger partial charge in [0.1, 0.15) is 5.52 Å². The molecule has 0 aliphatic rings. The number of aromatic nitrogens is 4. The van der Waals surface area contributed by atoms with Gasteiger partial charge in [0.2, 0.25) is 0 Å². The molecule has 2 aromatic heterocycles. The molecule has 0 unspecified atom stereocenters. The van der Waals surface area contributed by atoms with E-state index in [4.69, 9.17) is 12.2 Å². The predicted octanol–water partition coefficient (Wildman–Crippen LogP) is 2.57. The Balaban J connectivity index is 2.63. The van der Waals surface area contributed by atoms with E-state index in [1.54, 1.807) is 0 Å². The first-order valence-corrected chi connectivity index (χ1v) is 5.85. The number of imidazole rings is 1. The van der Waals surface area contributed by atoms with Crippen LogP contribution in [0.2, 0.25) is 0 Å². The van der Waals surface area contributed by atoms with Crippen LogP contribution < -0.4 is 0 Å². The van der Waals surface area contributed by atoms with E-state index in [9.17, 15) is 0 Å². The van der Waals surface area contributed by atoms with E-state index in [0.29, 0.717) is 0 Å². The summed E-state index contributed by atoms with van der Waals surface area (Å²) in [7, 11) is 1.95. The third-order valence-electron chi connectivity index (χ3n) is 2.71. The molecule has 4 nitrogen and oxygen atoms in total. The number of hydrogen-bond acceptors (Lipinski definition) is 2. The minimum atomic E-state index is 0.763. The fourth-order valence-corrected chi connectivity index (χ4v) is 2.23. The number of hydrogen-bond donors (Lipinski definition) is 1.